The monoisotopic (exact) mass is 403 g/mol. The van der Waals surface area contributed by atoms with E-state index in [0.29, 0.717) is 5.56 Å². The van der Waals surface area contributed by atoms with Crippen molar-refractivity contribution in [1.29, 1.82) is 0 Å². The molecule has 0 saturated heterocycles. The van der Waals surface area contributed by atoms with Crippen LogP contribution in [0.3, 0.4) is 0 Å². The summed E-state index contributed by atoms with van der Waals surface area (Å²) in [5, 5.41) is 1.96. The average Bonchev–Trinajstić information content (AvgIpc) is 2.48. The minimum Gasteiger partial charge on any atom is -0.442 e. The Balaban J connectivity index is 2.40. The predicted molar refractivity (Wildman–Crippen MR) is 92.8 cm³/mol. The molecule has 1 aliphatic heterocycles. The van der Waals surface area contributed by atoms with Gasteiger partial charge in [0, 0.05) is 6.20 Å². The molecule has 0 spiro atoms. The van der Waals surface area contributed by atoms with Gasteiger partial charge in [0.15, 0.2) is 0 Å². The molecule has 2 rings (SSSR count). The molecule has 0 unspecified atom stereocenters. The van der Waals surface area contributed by atoms with Crippen molar-refractivity contribution < 1.29 is 32.2 Å². The highest BCUT2D eigenvalue weighted by molar-refractivity contribution is 5.75. The Morgan fingerprint density at radius 1 is 0.893 bits per heavy atom. The molecule has 0 aliphatic carbocycles. The van der Waals surface area contributed by atoms with Crippen molar-refractivity contribution in [1.82, 2.24) is 15.0 Å². The summed E-state index contributed by atoms with van der Waals surface area (Å²) in [6.07, 6.45) is -5.24. The Labute approximate surface area is 161 Å². The highest BCUT2D eigenvalue weighted by atomic mass is 19.4. The number of hydrazine groups is 1. The zero-order valence-corrected chi connectivity index (χ0v) is 16.7. The number of nitrogens with zero attached hydrogens (tertiary/aromatic N) is 3. The van der Waals surface area contributed by atoms with E-state index in [-0.39, 0.29) is 18.7 Å². The Kier molecular flexibility index (Phi) is 5.55. The van der Waals surface area contributed by atoms with Gasteiger partial charge in [-0.2, -0.15) is 13.2 Å². The first-order valence-electron chi connectivity index (χ1n) is 8.63. The lowest BCUT2D eigenvalue weighted by Gasteiger charge is -2.40. The van der Waals surface area contributed by atoms with Gasteiger partial charge in [-0.1, -0.05) is 0 Å². The third kappa shape index (κ3) is 5.49. The summed E-state index contributed by atoms with van der Waals surface area (Å²) in [5.41, 5.74) is -2.13. The van der Waals surface area contributed by atoms with Crippen LogP contribution in [0, 0.1) is 0 Å². The van der Waals surface area contributed by atoms with Crippen molar-refractivity contribution in [2.45, 2.75) is 72.0 Å². The first kappa shape index (κ1) is 21.8. The zero-order chi connectivity index (χ0) is 21.5. The van der Waals surface area contributed by atoms with Crippen molar-refractivity contribution in [2.24, 2.45) is 0 Å². The van der Waals surface area contributed by atoms with Crippen molar-refractivity contribution in [3.05, 3.63) is 29.1 Å². The number of aromatic nitrogens is 1. The molecule has 0 N–H and O–H groups in total. The number of rotatable bonds is 0. The fraction of sp³-hybridized carbons (Fsp3) is 0.611. The van der Waals surface area contributed by atoms with Gasteiger partial charge < -0.3 is 9.47 Å². The predicted octanol–water partition coefficient (Wildman–Crippen LogP) is 4.50. The first-order valence-corrected chi connectivity index (χ1v) is 8.63. The van der Waals surface area contributed by atoms with E-state index in [1.54, 1.807) is 41.5 Å². The van der Waals surface area contributed by atoms with Gasteiger partial charge >= 0.3 is 18.4 Å². The van der Waals surface area contributed by atoms with E-state index in [1.807, 2.05) is 0 Å². The third-order valence-electron chi connectivity index (χ3n) is 3.51. The Hall–Kier alpha value is -2.52. The minimum atomic E-state index is -4.62. The second kappa shape index (κ2) is 7.14. The number of amides is 2. The maximum atomic E-state index is 13.0. The second-order valence-corrected chi connectivity index (χ2v) is 8.41. The smallest absolute Gasteiger partial charge is 0.433 e. The van der Waals surface area contributed by atoms with E-state index in [4.69, 9.17) is 9.47 Å². The number of carbonyl (C=O) groups excluding carboxylic acids is 2. The van der Waals surface area contributed by atoms with Gasteiger partial charge in [-0.25, -0.2) is 19.6 Å². The van der Waals surface area contributed by atoms with Crippen LogP contribution in [0.5, 0.6) is 0 Å². The van der Waals surface area contributed by atoms with Crippen molar-refractivity contribution in [3.8, 4) is 0 Å². The quantitative estimate of drug-likeness (QED) is 0.638. The van der Waals surface area contributed by atoms with E-state index in [2.05, 4.69) is 4.98 Å². The summed E-state index contributed by atoms with van der Waals surface area (Å²) in [4.78, 5) is 28.6. The molecule has 7 nitrogen and oxygen atoms in total. The molecule has 0 atom stereocenters. The largest absolute Gasteiger partial charge is 0.442 e. The summed E-state index contributed by atoms with van der Waals surface area (Å²) in [7, 11) is 0. The maximum absolute atomic E-state index is 13.0. The number of alkyl halides is 3. The Bertz CT molecular complexity index is 767. The van der Waals surface area contributed by atoms with Gasteiger partial charge in [0.2, 0.25) is 0 Å². The van der Waals surface area contributed by atoms with Crippen LogP contribution in [0.15, 0.2) is 12.3 Å². The third-order valence-corrected chi connectivity index (χ3v) is 3.51. The molecule has 2 heterocycles. The number of ether oxygens (including phenoxy) is 2. The molecule has 0 fully saturated rings. The normalized spacial score (nSPS) is 15.2. The number of halogens is 3. The zero-order valence-electron chi connectivity index (χ0n) is 16.7. The molecule has 10 heteroatoms. The minimum absolute atomic E-state index is 0.172. The molecule has 156 valence electrons. The first-order chi connectivity index (χ1) is 12.6. The van der Waals surface area contributed by atoms with E-state index >= 15 is 0 Å². The van der Waals surface area contributed by atoms with Gasteiger partial charge in [0.05, 0.1) is 13.1 Å². The summed E-state index contributed by atoms with van der Waals surface area (Å²) < 4.78 is 49.5. The molecular weight excluding hydrogens is 379 g/mol. The molecule has 28 heavy (non-hydrogen) atoms. The number of hydrogen-bond donors (Lipinski definition) is 0. The molecular formula is C18H24F3N3O4. The van der Waals surface area contributed by atoms with E-state index in [0.717, 1.165) is 22.3 Å². The van der Waals surface area contributed by atoms with Gasteiger partial charge in [0.25, 0.3) is 0 Å². The molecule has 1 aromatic heterocycles. The lowest BCUT2D eigenvalue weighted by molar-refractivity contribution is -0.141. The maximum Gasteiger partial charge on any atom is 0.433 e. The van der Waals surface area contributed by atoms with Crippen molar-refractivity contribution >= 4 is 12.2 Å². The fourth-order valence-electron chi connectivity index (χ4n) is 2.42. The number of fused-ring (bicyclic) bond motifs is 1. The number of carbonyl (C=O) groups is 2. The van der Waals surface area contributed by atoms with Crippen LogP contribution in [0.2, 0.25) is 0 Å². The SMILES string of the molecule is CC(C)(C)OC(=O)N1Cc2cnc(C(F)(F)F)cc2CN1C(=O)OC(C)(C)C. The molecule has 0 bridgehead atoms. The molecule has 0 aromatic carbocycles. The van der Waals surface area contributed by atoms with Gasteiger partial charge in [-0.3, -0.25) is 4.98 Å². The standard InChI is InChI=1S/C18H24F3N3O4/c1-16(2,3)27-14(25)23-9-11-7-13(18(19,20)21)22-8-12(11)10-24(23)15(26)28-17(4,5)6/h7-8H,9-10H2,1-6H3. The Morgan fingerprint density at radius 2 is 1.32 bits per heavy atom. The summed E-state index contributed by atoms with van der Waals surface area (Å²) in [5.74, 6) is 0. The molecule has 2 amide bonds. The molecule has 0 saturated carbocycles. The lowest BCUT2D eigenvalue weighted by Crippen LogP contribution is -2.54. The highest BCUT2D eigenvalue weighted by Crippen LogP contribution is 2.32. The van der Waals surface area contributed by atoms with Crippen molar-refractivity contribution in [3.63, 3.8) is 0 Å². The highest BCUT2D eigenvalue weighted by Gasteiger charge is 2.39. The van der Waals surface area contributed by atoms with E-state index in [1.165, 1.54) is 0 Å². The fourth-order valence-corrected chi connectivity index (χ4v) is 2.42. The Morgan fingerprint density at radius 3 is 1.71 bits per heavy atom. The van der Waals surface area contributed by atoms with Crippen LogP contribution in [0.4, 0.5) is 22.8 Å². The van der Waals surface area contributed by atoms with Crippen molar-refractivity contribution in [2.75, 3.05) is 0 Å². The summed E-state index contributed by atoms with van der Waals surface area (Å²) in [6.45, 7) is 9.47. The van der Waals surface area contributed by atoms with E-state index in [9.17, 15) is 22.8 Å². The number of pyridine rings is 1. The second-order valence-electron chi connectivity index (χ2n) is 8.41. The van der Waals surface area contributed by atoms with Gasteiger partial charge in [-0.05, 0) is 58.7 Å². The van der Waals surface area contributed by atoms with Crippen LogP contribution in [-0.4, -0.2) is 38.4 Å². The van der Waals surface area contributed by atoms with Gasteiger partial charge in [-0.15, -0.1) is 0 Å². The van der Waals surface area contributed by atoms with Crippen LogP contribution in [0.1, 0.15) is 58.4 Å². The van der Waals surface area contributed by atoms with Crippen LogP contribution in [-0.2, 0) is 28.7 Å². The van der Waals surface area contributed by atoms with E-state index < -0.39 is 35.3 Å². The summed E-state index contributed by atoms with van der Waals surface area (Å²) in [6, 6.07) is 0.874. The molecule has 1 aromatic rings. The topological polar surface area (TPSA) is 72.0 Å². The molecule has 1 aliphatic rings. The summed E-state index contributed by atoms with van der Waals surface area (Å²) >= 11 is 0. The van der Waals surface area contributed by atoms with Gasteiger partial charge in [0.1, 0.15) is 16.9 Å². The van der Waals surface area contributed by atoms with Crippen LogP contribution < -0.4 is 0 Å². The van der Waals surface area contributed by atoms with Crippen LogP contribution in [0.25, 0.3) is 0 Å². The molecule has 0 radical (unpaired) electrons. The number of hydrogen-bond acceptors (Lipinski definition) is 5. The average molecular weight is 403 g/mol. The van der Waals surface area contributed by atoms with Crippen LogP contribution >= 0.6 is 0 Å². The lowest BCUT2D eigenvalue weighted by atomic mass is 10.1.